The summed E-state index contributed by atoms with van der Waals surface area (Å²) in [6.07, 6.45) is 3.39. The minimum absolute atomic E-state index is 0.167. The van der Waals surface area contributed by atoms with Gasteiger partial charge in [0.2, 0.25) is 0 Å². The molecule has 1 N–H and O–H groups in total. The topological polar surface area (TPSA) is 71.1 Å². The van der Waals surface area contributed by atoms with Gasteiger partial charge in [-0.25, -0.2) is 4.98 Å². The van der Waals surface area contributed by atoms with Crippen molar-refractivity contribution in [3.05, 3.63) is 70.8 Å². The number of hydrogen-bond acceptors (Lipinski definition) is 5. The Labute approximate surface area is 151 Å². The molecule has 1 aromatic carbocycles. The van der Waals surface area contributed by atoms with Gasteiger partial charge in [0.25, 0.3) is 5.56 Å². The summed E-state index contributed by atoms with van der Waals surface area (Å²) in [5.41, 5.74) is 3.48. The number of H-pyrrole nitrogens is 1. The summed E-state index contributed by atoms with van der Waals surface area (Å²) in [5.74, 6) is 0.572. The van der Waals surface area contributed by atoms with E-state index in [0.717, 1.165) is 44.0 Å². The molecular weight excluding hydrogens is 328 g/mol. The Morgan fingerprint density at radius 1 is 1.00 bits per heavy atom. The number of morpholine rings is 1. The lowest BCUT2D eigenvalue weighted by atomic mass is 10.1. The largest absolute Gasteiger partial charge is 0.379 e. The van der Waals surface area contributed by atoms with Crippen molar-refractivity contribution in [3.63, 3.8) is 0 Å². The van der Waals surface area contributed by atoms with E-state index in [2.05, 4.69) is 32.0 Å². The van der Waals surface area contributed by atoms with Crippen LogP contribution in [0.15, 0.2) is 59.7 Å². The maximum atomic E-state index is 12.1. The number of ether oxygens (including phenoxy) is 1. The van der Waals surface area contributed by atoms with Crippen molar-refractivity contribution in [1.29, 1.82) is 0 Å². The number of nitrogens with one attached hydrogen (secondary N) is 1. The van der Waals surface area contributed by atoms with Crippen LogP contribution in [-0.4, -0.2) is 46.2 Å². The normalized spacial score (nSPS) is 15.1. The van der Waals surface area contributed by atoms with E-state index in [1.54, 1.807) is 12.4 Å². The molecule has 6 heteroatoms. The molecule has 1 saturated heterocycles. The molecule has 0 saturated carbocycles. The molecule has 3 aromatic rings. The van der Waals surface area contributed by atoms with Gasteiger partial charge in [0.1, 0.15) is 5.82 Å². The van der Waals surface area contributed by atoms with Crippen molar-refractivity contribution in [3.8, 4) is 22.6 Å². The molecule has 0 radical (unpaired) electrons. The Morgan fingerprint density at radius 3 is 2.46 bits per heavy atom. The van der Waals surface area contributed by atoms with Gasteiger partial charge in [0.15, 0.2) is 0 Å². The van der Waals surface area contributed by atoms with E-state index in [9.17, 15) is 4.79 Å². The zero-order chi connectivity index (χ0) is 17.8. The summed E-state index contributed by atoms with van der Waals surface area (Å²) < 4.78 is 5.39. The minimum atomic E-state index is -0.167. The lowest BCUT2D eigenvalue weighted by Gasteiger charge is -2.26. The third kappa shape index (κ3) is 3.87. The predicted octanol–water partition coefficient (Wildman–Crippen LogP) is 2.33. The molecule has 1 fully saturated rings. The van der Waals surface area contributed by atoms with Gasteiger partial charge < -0.3 is 9.72 Å². The van der Waals surface area contributed by atoms with E-state index in [1.165, 1.54) is 11.6 Å². The van der Waals surface area contributed by atoms with Crippen molar-refractivity contribution in [2.24, 2.45) is 0 Å². The molecule has 1 aliphatic rings. The molecule has 6 nitrogen and oxygen atoms in total. The maximum absolute atomic E-state index is 12.1. The Morgan fingerprint density at radius 2 is 1.73 bits per heavy atom. The Balaban J connectivity index is 1.57. The highest BCUT2D eigenvalue weighted by atomic mass is 16.5. The average molecular weight is 348 g/mol. The average Bonchev–Trinajstić information content (AvgIpc) is 2.70. The second kappa shape index (κ2) is 7.59. The summed E-state index contributed by atoms with van der Waals surface area (Å²) in [5, 5.41) is 0. The van der Waals surface area contributed by atoms with Crippen molar-refractivity contribution in [1.82, 2.24) is 19.9 Å². The molecule has 1 aliphatic heterocycles. The van der Waals surface area contributed by atoms with Crippen LogP contribution in [0.25, 0.3) is 22.6 Å². The highest BCUT2D eigenvalue weighted by Gasteiger charge is 2.11. The quantitative estimate of drug-likeness (QED) is 0.783. The first-order valence-corrected chi connectivity index (χ1v) is 8.69. The first kappa shape index (κ1) is 16.6. The molecule has 4 rings (SSSR count). The van der Waals surface area contributed by atoms with E-state index in [-0.39, 0.29) is 5.56 Å². The standard InChI is InChI=1S/C20H20N4O2/c25-19-13-18(16-5-7-21-8-6-16)22-20(23-19)17-3-1-15(2-4-17)14-24-9-11-26-12-10-24/h1-8,13H,9-12,14H2,(H,22,23,25). The molecule has 0 unspecified atom stereocenters. The summed E-state index contributed by atoms with van der Waals surface area (Å²) in [6, 6.07) is 13.4. The highest BCUT2D eigenvalue weighted by Crippen LogP contribution is 2.20. The Hall–Kier alpha value is -2.83. The van der Waals surface area contributed by atoms with Crippen LogP contribution < -0.4 is 5.56 Å². The number of hydrogen-bond donors (Lipinski definition) is 1. The summed E-state index contributed by atoms with van der Waals surface area (Å²) in [6.45, 7) is 4.43. The smallest absolute Gasteiger partial charge is 0.251 e. The number of rotatable bonds is 4. The fraction of sp³-hybridized carbons (Fsp3) is 0.250. The van der Waals surface area contributed by atoms with Gasteiger partial charge in [-0.1, -0.05) is 24.3 Å². The van der Waals surface area contributed by atoms with Gasteiger partial charge in [-0.3, -0.25) is 14.7 Å². The van der Waals surface area contributed by atoms with E-state index in [0.29, 0.717) is 11.5 Å². The zero-order valence-electron chi connectivity index (χ0n) is 14.4. The molecule has 26 heavy (non-hydrogen) atoms. The monoisotopic (exact) mass is 348 g/mol. The Bertz CT molecular complexity index is 917. The number of pyridine rings is 1. The van der Waals surface area contributed by atoms with Gasteiger partial charge in [-0.15, -0.1) is 0 Å². The molecule has 0 atom stereocenters. The van der Waals surface area contributed by atoms with Crippen molar-refractivity contribution >= 4 is 0 Å². The lowest BCUT2D eigenvalue weighted by molar-refractivity contribution is 0.0342. The van der Waals surface area contributed by atoms with Crippen LogP contribution in [-0.2, 0) is 11.3 Å². The van der Waals surface area contributed by atoms with E-state index in [4.69, 9.17) is 4.74 Å². The third-order valence-electron chi connectivity index (χ3n) is 4.46. The van der Waals surface area contributed by atoms with Gasteiger partial charge in [-0.05, 0) is 17.7 Å². The maximum Gasteiger partial charge on any atom is 0.251 e. The SMILES string of the molecule is O=c1cc(-c2ccncc2)nc(-c2ccc(CN3CCOCC3)cc2)[nH]1. The predicted molar refractivity (Wildman–Crippen MR) is 99.6 cm³/mol. The van der Waals surface area contributed by atoms with Crippen LogP contribution in [0, 0.1) is 0 Å². The van der Waals surface area contributed by atoms with E-state index in [1.807, 2.05) is 24.3 Å². The van der Waals surface area contributed by atoms with Gasteiger partial charge in [0.05, 0.1) is 18.9 Å². The fourth-order valence-electron chi connectivity index (χ4n) is 3.05. The molecule has 3 heterocycles. The van der Waals surface area contributed by atoms with E-state index < -0.39 is 0 Å². The van der Waals surface area contributed by atoms with Crippen molar-refractivity contribution in [2.45, 2.75) is 6.54 Å². The van der Waals surface area contributed by atoms with Crippen LogP contribution in [0.2, 0.25) is 0 Å². The second-order valence-electron chi connectivity index (χ2n) is 6.30. The summed E-state index contributed by atoms with van der Waals surface area (Å²) >= 11 is 0. The van der Waals surface area contributed by atoms with Crippen LogP contribution in [0.4, 0.5) is 0 Å². The Kier molecular flexibility index (Phi) is 4.86. The molecule has 0 aliphatic carbocycles. The van der Waals surface area contributed by atoms with Crippen LogP contribution in [0.3, 0.4) is 0 Å². The summed E-state index contributed by atoms with van der Waals surface area (Å²) in [7, 11) is 0. The highest BCUT2D eigenvalue weighted by molar-refractivity contribution is 5.63. The fourth-order valence-corrected chi connectivity index (χ4v) is 3.05. The third-order valence-corrected chi connectivity index (χ3v) is 4.46. The molecule has 2 aromatic heterocycles. The number of aromatic amines is 1. The first-order chi connectivity index (χ1) is 12.8. The second-order valence-corrected chi connectivity index (χ2v) is 6.30. The molecule has 0 amide bonds. The van der Waals surface area contributed by atoms with Crippen LogP contribution >= 0.6 is 0 Å². The summed E-state index contributed by atoms with van der Waals surface area (Å²) in [4.78, 5) is 25.9. The van der Waals surface area contributed by atoms with Crippen molar-refractivity contribution in [2.75, 3.05) is 26.3 Å². The zero-order valence-corrected chi connectivity index (χ0v) is 14.4. The molecule has 132 valence electrons. The number of benzene rings is 1. The van der Waals surface area contributed by atoms with Crippen LogP contribution in [0.1, 0.15) is 5.56 Å². The molecule has 0 spiro atoms. The molecule has 0 bridgehead atoms. The van der Waals surface area contributed by atoms with Gasteiger partial charge in [0, 0.05) is 49.2 Å². The number of aromatic nitrogens is 3. The lowest BCUT2D eigenvalue weighted by Crippen LogP contribution is -2.35. The van der Waals surface area contributed by atoms with Crippen LogP contribution in [0.5, 0.6) is 0 Å². The molecular formula is C20H20N4O2. The first-order valence-electron chi connectivity index (χ1n) is 8.69. The number of nitrogens with zero attached hydrogens (tertiary/aromatic N) is 3. The van der Waals surface area contributed by atoms with Gasteiger partial charge >= 0.3 is 0 Å². The minimum Gasteiger partial charge on any atom is -0.379 e. The van der Waals surface area contributed by atoms with Crippen molar-refractivity contribution < 1.29 is 4.74 Å². The van der Waals surface area contributed by atoms with E-state index >= 15 is 0 Å². The van der Waals surface area contributed by atoms with Gasteiger partial charge in [-0.2, -0.15) is 0 Å².